The van der Waals surface area contributed by atoms with Gasteiger partial charge in [0.25, 0.3) is 0 Å². The number of urea groups is 1. The van der Waals surface area contributed by atoms with E-state index in [1.54, 1.807) is 24.3 Å². The number of rotatable bonds is 7. The average molecular weight is 358 g/mol. The number of alkyl halides is 1. The van der Waals surface area contributed by atoms with Crippen LogP contribution in [0, 0.1) is 0 Å². The molecule has 2 amide bonds. The Labute approximate surface area is 139 Å². The first kappa shape index (κ1) is 17.3. The van der Waals surface area contributed by atoms with Crippen molar-refractivity contribution in [2.24, 2.45) is 0 Å². The van der Waals surface area contributed by atoms with Crippen LogP contribution in [-0.4, -0.2) is 26.9 Å². The van der Waals surface area contributed by atoms with E-state index in [0.717, 1.165) is 0 Å². The molecule has 23 heavy (non-hydrogen) atoms. The van der Waals surface area contributed by atoms with Crippen molar-refractivity contribution < 1.29 is 17.6 Å². The smallest absolute Gasteiger partial charge is 0.319 e. The van der Waals surface area contributed by atoms with Crippen molar-refractivity contribution in [1.29, 1.82) is 0 Å². The highest BCUT2D eigenvalue weighted by Crippen LogP contribution is 2.16. The van der Waals surface area contributed by atoms with Crippen LogP contribution in [-0.2, 0) is 16.6 Å². The van der Waals surface area contributed by atoms with Gasteiger partial charge in [0, 0.05) is 18.1 Å². The second kappa shape index (κ2) is 8.00. The summed E-state index contributed by atoms with van der Waals surface area (Å²) in [6.07, 6.45) is 1.47. The molecule has 1 aromatic carbocycles. The Morgan fingerprint density at radius 1 is 1.22 bits per heavy atom. The van der Waals surface area contributed by atoms with E-state index in [9.17, 15) is 13.2 Å². The highest BCUT2D eigenvalue weighted by molar-refractivity contribution is 7.89. The van der Waals surface area contributed by atoms with Crippen molar-refractivity contribution in [2.75, 3.05) is 17.7 Å². The minimum absolute atomic E-state index is 0.0409. The minimum Gasteiger partial charge on any atom is -0.468 e. The number of carbonyl (C=O) groups excluding carboxylic acids is 1. The van der Waals surface area contributed by atoms with Gasteiger partial charge in [-0.3, -0.25) is 0 Å². The second-order valence-electron chi connectivity index (χ2n) is 4.50. The van der Waals surface area contributed by atoms with Crippen LogP contribution >= 0.6 is 11.6 Å². The van der Waals surface area contributed by atoms with Crippen molar-refractivity contribution in [1.82, 2.24) is 10.0 Å². The van der Waals surface area contributed by atoms with Gasteiger partial charge < -0.3 is 15.1 Å². The van der Waals surface area contributed by atoms with Gasteiger partial charge in [0.05, 0.1) is 17.7 Å². The number of halogens is 1. The first-order valence-corrected chi connectivity index (χ1v) is 8.76. The van der Waals surface area contributed by atoms with E-state index in [2.05, 4.69) is 15.4 Å². The molecule has 2 aromatic rings. The van der Waals surface area contributed by atoms with Crippen molar-refractivity contribution in [3.63, 3.8) is 0 Å². The summed E-state index contributed by atoms with van der Waals surface area (Å²) in [6.45, 7) is 0.360. The Hall–Kier alpha value is -2.03. The van der Waals surface area contributed by atoms with Crippen molar-refractivity contribution >= 4 is 33.3 Å². The van der Waals surface area contributed by atoms with Crippen molar-refractivity contribution in [3.8, 4) is 0 Å². The molecule has 0 radical (unpaired) electrons. The number of anilines is 1. The summed E-state index contributed by atoms with van der Waals surface area (Å²) in [5, 5.41) is 5.06. The number of hydrogen-bond donors (Lipinski definition) is 3. The Balaban J connectivity index is 2.04. The third-order valence-electron chi connectivity index (χ3n) is 2.80. The van der Waals surface area contributed by atoms with Crippen LogP contribution in [0.4, 0.5) is 10.5 Å². The fourth-order valence-electron chi connectivity index (χ4n) is 1.74. The predicted molar refractivity (Wildman–Crippen MR) is 86.9 cm³/mol. The summed E-state index contributed by atoms with van der Waals surface area (Å²) in [5.41, 5.74) is 0.359. The lowest BCUT2D eigenvalue weighted by atomic mass is 10.3. The molecule has 2 rings (SSSR count). The summed E-state index contributed by atoms with van der Waals surface area (Å²) >= 11 is 5.47. The van der Waals surface area contributed by atoms with Crippen LogP contribution in [0.3, 0.4) is 0 Å². The van der Waals surface area contributed by atoms with Gasteiger partial charge >= 0.3 is 6.03 Å². The molecule has 0 saturated carbocycles. The summed E-state index contributed by atoms with van der Waals surface area (Å²) in [5.74, 6) is 0.793. The van der Waals surface area contributed by atoms with E-state index in [-0.39, 0.29) is 11.4 Å². The number of sulfonamides is 1. The molecule has 0 aliphatic carbocycles. The number of amides is 2. The summed E-state index contributed by atoms with van der Waals surface area (Å²) in [4.78, 5) is 11.6. The first-order valence-electron chi connectivity index (χ1n) is 6.74. The lowest BCUT2D eigenvalue weighted by Gasteiger charge is -2.09. The van der Waals surface area contributed by atoms with Crippen LogP contribution in [0.5, 0.6) is 0 Å². The normalized spacial score (nSPS) is 11.2. The molecule has 0 saturated heterocycles. The van der Waals surface area contributed by atoms with E-state index in [1.807, 2.05) is 0 Å². The molecular weight excluding hydrogens is 342 g/mol. The van der Waals surface area contributed by atoms with Gasteiger partial charge in [-0.2, -0.15) is 0 Å². The molecule has 0 aliphatic heterocycles. The van der Waals surface area contributed by atoms with E-state index in [0.29, 0.717) is 23.9 Å². The zero-order valence-corrected chi connectivity index (χ0v) is 13.7. The molecule has 7 nitrogen and oxygen atoms in total. The predicted octanol–water partition coefficient (Wildman–Crippen LogP) is 2.12. The zero-order valence-electron chi connectivity index (χ0n) is 12.1. The number of benzene rings is 1. The highest BCUT2D eigenvalue weighted by Gasteiger charge is 2.15. The van der Waals surface area contributed by atoms with E-state index < -0.39 is 16.1 Å². The van der Waals surface area contributed by atoms with Crippen LogP contribution in [0.1, 0.15) is 5.76 Å². The summed E-state index contributed by atoms with van der Waals surface area (Å²) in [7, 11) is -3.71. The molecule has 9 heteroatoms. The lowest BCUT2D eigenvalue weighted by Crippen LogP contribution is -2.30. The number of carbonyl (C=O) groups is 1. The monoisotopic (exact) mass is 357 g/mol. The summed E-state index contributed by atoms with van der Waals surface area (Å²) in [6, 6.07) is 8.82. The van der Waals surface area contributed by atoms with Gasteiger partial charge in [0.2, 0.25) is 10.0 Å². The molecule has 0 bridgehead atoms. The number of hydrogen-bond acceptors (Lipinski definition) is 4. The second-order valence-corrected chi connectivity index (χ2v) is 6.65. The maximum atomic E-state index is 12.2. The van der Waals surface area contributed by atoms with Crippen LogP contribution in [0.2, 0.25) is 0 Å². The van der Waals surface area contributed by atoms with Gasteiger partial charge in [0.15, 0.2) is 0 Å². The van der Waals surface area contributed by atoms with Crippen LogP contribution in [0.25, 0.3) is 0 Å². The first-order chi connectivity index (χ1) is 11.0. The standard InChI is InChI=1S/C14H16ClN3O4S/c15-6-7-16-14(19)18-11-3-1-5-13(9-11)23(20,21)17-10-12-4-2-8-22-12/h1-5,8-9,17H,6-7,10H2,(H2,16,18,19). The van der Waals surface area contributed by atoms with Crippen molar-refractivity contribution in [2.45, 2.75) is 11.4 Å². The third kappa shape index (κ3) is 5.27. The van der Waals surface area contributed by atoms with E-state index in [4.69, 9.17) is 16.0 Å². The largest absolute Gasteiger partial charge is 0.468 e. The molecule has 0 aliphatic rings. The SMILES string of the molecule is O=C(NCCCl)Nc1cccc(S(=O)(=O)NCc2ccco2)c1. The molecule has 0 unspecified atom stereocenters. The Morgan fingerprint density at radius 2 is 2.04 bits per heavy atom. The Morgan fingerprint density at radius 3 is 2.74 bits per heavy atom. The fourth-order valence-corrected chi connectivity index (χ4v) is 2.87. The summed E-state index contributed by atoms with van der Waals surface area (Å²) < 4.78 is 32.0. The molecule has 1 heterocycles. The van der Waals surface area contributed by atoms with Gasteiger partial charge in [0.1, 0.15) is 5.76 Å². The van der Waals surface area contributed by atoms with Gasteiger partial charge in [-0.05, 0) is 30.3 Å². The van der Waals surface area contributed by atoms with Gasteiger partial charge in [-0.15, -0.1) is 11.6 Å². The third-order valence-corrected chi connectivity index (χ3v) is 4.39. The minimum atomic E-state index is -3.71. The van der Waals surface area contributed by atoms with E-state index in [1.165, 1.54) is 18.4 Å². The highest BCUT2D eigenvalue weighted by atomic mass is 35.5. The lowest BCUT2D eigenvalue weighted by molar-refractivity contribution is 0.252. The quantitative estimate of drug-likeness (QED) is 0.661. The molecule has 3 N–H and O–H groups in total. The molecule has 0 atom stereocenters. The number of furan rings is 1. The average Bonchev–Trinajstić information content (AvgIpc) is 3.05. The Kier molecular flexibility index (Phi) is 6.03. The number of nitrogens with one attached hydrogen (secondary N) is 3. The maximum Gasteiger partial charge on any atom is 0.319 e. The Bertz CT molecular complexity index is 747. The fraction of sp³-hybridized carbons (Fsp3) is 0.214. The molecule has 0 spiro atoms. The molecular formula is C14H16ClN3O4S. The van der Waals surface area contributed by atoms with Crippen molar-refractivity contribution in [3.05, 3.63) is 48.4 Å². The van der Waals surface area contributed by atoms with Gasteiger partial charge in [-0.25, -0.2) is 17.9 Å². The molecule has 0 fully saturated rings. The zero-order chi connectivity index (χ0) is 16.7. The maximum absolute atomic E-state index is 12.2. The van der Waals surface area contributed by atoms with Gasteiger partial charge in [-0.1, -0.05) is 6.07 Å². The van der Waals surface area contributed by atoms with Crippen LogP contribution < -0.4 is 15.4 Å². The van der Waals surface area contributed by atoms with E-state index >= 15 is 0 Å². The molecule has 1 aromatic heterocycles. The topological polar surface area (TPSA) is 100 Å². The molecule has 124 valence electrons. The van der Waals surface area contributed by atoms with Crippen LogP contribution in [0.15, 0.2) is 52.0 Å².